The molecule has 2 rings (SSSR count). The summed E-state index contributed by atoms with van der Waals surface area (Å²) in [6.45, 7) is 4.13. The first kappa shape index (κ1) is 15.5. The van der Waals surface area contributed by atoms with Crippen LogP contribution in [0, 0.1) is 13.8 Å². The maximum absolute atomic E-state index is 5.70. The summed E-state index contributed by atoms with van der Waals surface area (Å²) in [5.74, 6) is 6.44. The Bertz CT molecular complexity index is 608. The van der Waals surface area contributed by atoms with E-state index in [9.17, 15) is 0 Å². The fourth-order valence-electron chi connectivity index (χ4n) is 2.55. The van der Waals surface area contributed by atoms with Gasteiger partial charge >= 0.3 is 0 Å². The summed E-state index contributed by atoms with van der Waals surface area (Å²) < 4.78 is 7.13. The van der Waals surface area contributed by atoms with Crippen molar-refractivity contribution in [3.8, 4) is 5.75 Å². The number of methoxy groups -OCH3 is 1. The molecule has 0 radical (unpaired) electrons. The van der Waals surface area contributed by atoms with E-state index in [0.717, 1.165) is 29.8 Å². The minimum absolute atomic E-state index is 0.0339. The van der Waals surface area contributed by atoms with Crippen molar-refractivity contribution in [2.75, 3.05) is 7.11 Å². The van der Waals surface area contributed by atoms with Gasteiger partial charge in [-0.05, 0) is 43.9 Å². The molecule has 0 fully saturated rings. The smallest absolute Gasteiger partial charge is 0.137 e. The lowest BCUT2D eigenvalue weighted by molar-refractivity contribution is 0.410. The van der Waals surface area contributed by atoms with Gasteiger partial charge in [0.1, 0.15) is 5.75 Å². The van der Waals surface area contributed by atoms with Gasteiger partial charge in [0, 0.05) is 25.0 Å². The van der Waals surface area contributed by atoms with E-state index in [4.69, 9.17) is 10.6 Å². The summed E-state index contributed by atoms with van der Waals surface area (Å²) in [6, 6.07) is 1.99. The summed E-state index contributed by atoms with van der Waals surface area (Å²) >= 11 is 0. The monoisotopic (exact) mass is 289 g/mol. The van der Waals surface area contributed by atoms with E-state index in [1.54, 1.807) is 13.3 Å². The zero-order chi connectivity index (χ0) is 15.4. The minimum atomic E-state index is 0.0339. The Morgan fingerprint density at radius 3 is 2.71 bits per heavy atom. The lowest BCUT2D eigenvalue weighted by atomic mass is 9.99. The fourth-order valence-corrected chi connectivity index (χ4v) is 2.55. The van der Waals surface area contributed by atoms with E-state index in [1.807, 2.05) is 30.9 Å². The number of pyridine rings is 1. The van der Waals surface area contributed by atoms with Gasteiger partial charge in [0.25, 0.3) is 0 Å². The predicted octanol–water partition coefficient (Wildman–Crippen LogP) is 1.58. The van der Waals surface area contributed by atoms with Crippen molar-refractivity contribution < 1.29 is 4.74 Å². The van der Waals surface area contributed by atoms with Gasteiger partial charge in [-0.25, -0.2) is 0 Å². The lowest BCUT2D eigenvalue weighted by Gasteiger charge is -2.16. The van der Waals surface area contributed by atoms with Crippen molar-refractivity contribution >= 4 is 0 Å². The summed E-state index contributed by atoms with van der Waals surface area (Å²) in [5.41, 5.74) is 7.45. The highest BCUT2D eigenvalue weighted by Crippen LogP contribution is 2.23. The Morgan fingerprint density at radius 2 is 2.14 bits per heavy atom. The van der Waals surface area contributed by atoms with Crippen molar-refractivity contribution in [3.63, 3.8) is 0 Å². The number of rotatable bonds is 6. The third-order valence-corrected chi connectivity index (χ3v) is 3.92. The molecule has 0 saturated carbocycles. The van der Waals surface area contributed by atoms with Crippen molar-refractivity contribution in [2.24, 2.45) is 12.9 Å². The van der Waals surface area contributed by atoms with Gasteiger partial charge in [-0.15, -0.1) is 0 Å². The van der Waals surface area contributed by atoms with Crippen molar-refractivity contribution in [1.29, 1.82) is 0 Å². The number of hydrazine groups is 1. The maximum atomic E-state index is 5.70. The third-order valence-electron chi connectivity index (χ3n) is 3.92. The summed E-state index contributed by atoms with van der Waals surface area (Å²) in [7, 11) is 3.60. The summed E-state index contributed by atoms with van der Waals surface area (Å²) in [4.78, 5) is 4.18. The number of hydrogen-bond donors (Lipinski definition) is 2. The zero-order valence-electron chi connectivity index (χ0n) is 13.1. The van der Waals surface area contributed by atoms with Crippen molar-refractivity contribution in [1.82, 2.24) is 20.2 Å². The Kier molecular flexibility index (Phi) is 4.93. The molecular formula is C15H23N5O. The van der Waals surface area contributed by atoms with Crippen LogP contribution in [0.1, 0.15) is 35.0 Å². The molecule has 0 saturated heterocycles. The molecule has 1 unspecified atom stereocenters. The Morgan fingerprint density at radius 1 is 1.38 bits per heavy atom. The zero-order valence-corrected chi connectivity index (χ0v) is 13.1. The summed E-state index contributed by atoms with van der Waals surface area (Å²) in [5, 5.41) is 4.45. The van der Waals surface area contributed by atoms with Crippen LogP contribution in [-0.4, -0.2) is 21.9 Å². The van der Waals surface area contributed by atoms with E-state index < -0.39 is 0 Å². The normalized spacial score (nSPS) is 12.4. The molecular weight excluding hydrogens is 266 g/mol. The topological polar surface area (TPSA) is 78.0 Å². The maximum Gasteiger partial charge on any atom is 0.137 e. The van der Waals surface area contributed by atoms with E-state index in [2.05, 4.69) is 22.4 Å². The van der Waals surface area contributed by atoms with Gasteiger partial charge in [0.15, 0.2) is 0 Å². The molecule has 3 N–H and O–H groups in total. The molecule has 0 aliphatic carbocycles. The molecule has 0 amide bonds. The van der Waals surface area contributed by atoms with E-state index in [0.29, 0.717) is 0 Å². The second-order valence-electron chi connectivity index (χ2n) is 5.19. The lowest BCUT2D eigenvalue weighted by Crippen LogP contribution is -2.28. The van der Waals surface area contributed by atoms with Gasteiger partial charge in [-0.1, -0.05) is 0 Å². The fraction of sp³-hybridized carbons (Fsp3) is 0.467. The van der Waals surface area contributed by atoms with Crippen LogP contribution >= 0.6 is 0 Å². The molecule has 0 spiro atoms. The largest absolute Gasteiger partial charge is 0.495 e. The first-order valence-electron chi connectivity index (χ1n) is 7.01. The van der Waals surface area contributed by atoms with Crippen LogP contribution in [0.4, 0.5) is 0 Å². The SMILES string of the molecule is COc1cncc(C(CCc2c(C)nn(C)c2C)NN)c1. The highest BCUT2D eigenvalue weighted by molar-refractivity contribution is 5.28. The standard InChI is InChI=1S/C15H23N5O/c1-10-14(11(2)20(3)19-10)5-6-15(18-16)12-7-13(21-4)9-17-8-12/h7-9,15,18H,5-6,16H2,1-4H3. The molecule has 2 aromatic heterocycles. The van der Waals surface area contributed by atoms with Crippen molar-refractivity contribution in [3.05, 3.63) is 41.0 Å². The second kappa shape index (κ2) is 6.69. The molecule has 0 aliphatic heterocycles. The van der Waals surface area contributed by atoms with Crippen LogP contribution in [0.5, 0.6) is 5.75 Å². The van der Waals surface area contributed by atoms with Crippen LogP contribution in [0.2, 0.25) is 0 Å². The number of nitrogens with one attached hydrogen (secondary N) is 1. The number of hydrogen-bond acceptors (Lipinski definition) is 5. The molecule has 21 heavy (non-hydrogen) atoms. The van der Waals surface area contributed by atoms with Crippen LogP contribution in [0.15, 0.2) is 18.5 Å². The first-order chi connectivity index (χ1) is 10.1. The number of aromatic nitrogens is 3. The quantitative estimate of drug-likeness (QED) is 0.623. The Hall–Kier alpha value is -1.92. The van der Waals surface area contributed by atoms with Crippen LogP contribution in [0.3, 0.4) is 0 Å². The number of ether oxygens (including phenoxy) is 1. The predicted molar refractivity (Wildman–Crippen MR) is 81.9 cm³/mol. The Labute approximate surface area is 125 Å². The van der Waals surface area contributed by atoms with Gasteiger partial charge in [0.05, 0.1) is 19.0 Å². The van der Waals surface area contributed by atoms with E-state index in [-0.39, 0.29) is 6.04 Å². The van der Waals surface area contributed by atoms with E-state index in [1.165, 1.54) is 11.3 Å². The molecule has 114 valence electrons. The molecule has 0 aliphatic rings. The molecule has 2 heterocycles. The highest BCUT2D eigenvalue weighted by atomic mass is 16.5. The Balaban J connectivity index is 2.12. The number of nitrogens with two attached hydrogens (primary N) is 1. The van der Waals surface area contributed by atoms with Crippen LogP contribution in [-0.2, 0) is 13.5 Å². The second-order valence-corrected chi connectivity index (χ2v) is 5.19. The molecule has 0 bridgehead atoms. The minimum Gasteiger partial charge on any atom is -0.495 e. The highest BCUT2D eigenvalue weighted by Gasteiger charge is 2.15. The first-order valence-corrected chi connectivity index (χ1v) is 7.01. The van der Waals surface area contributed by atoms with Gasteiger partial charge < -0.3 is 4.74 Å². The van der Waals surface area contributed by atoms with E-state index >= 15 is 0 Å². The molecule has 6 nitrogen and oxygen atoms in total. The molecule has 2 aromatic rings. The average Bonchev–Trinajstić information content (AvgIpc) is 2.74. The third kappa shape index (κ3) is 3.40. The van der Waals surface area contributed by atoms with Crippen molar-refractivity contribution in [2.45, 2.75) is 32.7 Å². The number of aryl methyl sites for hydroxylation is 2. The molecule has 1 atom stereocenters. The van der Waals surface area contributed by atoms with Gasteiger partial charge in [-0.2, -0.15) is 5.10 Å². The van der Waals surface area contributed by atoms with Gasteiger partial charge in [0.2, 0.25) is 0 Å². The molecule has 0 aromatic carbocycles. The molecule has 6 heteroatoms. The number of nitrogens with zero attached hydrogens (tertiary/aromatic N) is 3. The van der Waals surface area contributed by atoms with Crippen LogP contribution in [0.25, 0.3) is 0 Å². The average molecular weight is 289 g/mol. The summed E-state index contributed by atoms with van der Waals surface area (Å²) in [6.07, 6.45) is 5.29. The van der Waals surface area contributed by atoms with Crippen LogP contribution < -0.4 is 16.0 Å². The van der Waals surface area contributed by atoms with Gasteiger partial charge in [-0.3, -0.25) is 20.9 Å².